The minimum absolute atomic E-state index is 0.292. The molecule has 188 valence electrons. The first kappa shape index (κ1) is 24.0. The SMILES string of the molecule is CN(C)C=Nc1ncnc2c1c(-c1cnc(C(F)(F)F)nc1)cn2Cc1cnn(-c2ccccc2F)c1. The van der Waals surface area contributed by atoms with Crippen molar-refractivity contribution in [1.82, 2.24) is 39.2 Å². The van der Waals surface area contributed by atoms with Crippen LogP contribution in [0, 0.1) is 5.82 Å². The molecule has 5 aromatic rings. The second-order valence-corrected chi connectivity index (χ2v) is 8.31. The molecule has 4 aromatic heterocycles. The molecule has 13 heteroatoms. The van der Waals surface area contributed by atoms with Crippen LogP contribution in [-0.2, 0) is 12.7 Å². The van der Waals surface area contributed by atoms with Gasteiger partial charge in [-0.25, -0.2) is 34.0 Å². The molecule has 0 fully saturated rings. The third kappa shape index (κ3) is 4.87. The smallest absolute Gasteiger partial charge is 0.369 e. The van der Waals surface area contributed by atoms with Crippen molar-refractivity contribution in [3.05, 3.63) is 78.8 Å². The molecule has 0 amide bonds. The van der Waals surface area contributed by atoms with Gasteiger partial charge in [0, 0.05) is 55.6 Å². The first-order valence-corrected chi connectivity index (χ1v) is 10.9. The summed E-state index contributed by atoms with van der Waals surface area (Å²) in [4.78, 5) is 21.8. The van der Waals surface area contributed by atoms with Crippen LogP contribution in [0.5, 0.6) is 0 Å². The van der Waals surface area contributed by atoms with Gasteiger partial charge in [0.2, 0.25) is 5.82 Å². The number of alkyl halides is 3. The van der Waals surface area contributed by atoms with E-state index in [1.165, 1.54) is 17.1 Å². The Morgan fingerprint density at radius 3 is 2.46 bits per heavy atom. The van der Waals surface area contributed by atoms with Gasteiger partial charge in [0.25, 0.3) is 0 Å². The largest absolute Gasteiger partial charge is 0.451 e. The number of aliphatic imine (C=N–C) groups is 1. The van der Waals surface area contributed by atoms with Crippen LogP contribution >= 0.6 is 0 Å². The summed E-state index contributed by atoms with van der Waals surface area (Å²) in [5.74, 6) is -1.32. The van der Waals surface area contributed by atoms with Crippen LogP contribution in [0.1, 0.15) is 11.4 Å². The molecule has 0 bridgehead atoms. The molecule has 0 aliphatic heterocycles. The number of hydrogen-bond acceptors (Lipinski definition) is 6. The summed E-state index contributed by atoms with van der Waals surface area (Å²) >= 11 is 0. The molecule has 0 atom stereocenters. The number of nitrogens with zero attached hydrogens (tertiary/aromatic N) is 9. The molecule has 0 radical (unpaired) electrons. The molecule has 0 N–H and O–H groups in total. The highest BCUT2D eigenvalue weighted by molar-refractivity contribution is 6.00. The molecule has 37 heavy (non-hydrogen) atoms. The van der Waals surface area contributed by atoms with Crippen molar-refractivity contribution in [1.29, 1.82) is 0 Å². The molecule has 0 saturated carbocycles. The maximum absolute atomic E-state index is 14.2. The van der Waals surface area contributed by atoms with E-state index in [1.54, 1.807) is 66.7 Å². The maximum atomic E-state index is 14.2. The lowest BCUT2D eigenvalue weighted by Crippen LogP contribution is -2.10. The Labute approximate surface area is 207 Å². The molecule has 5 rings (SSSR count). The molecule has 0 spiro atoms. The summed E-state index contributed by atoms with van der Waals surface area (Å²) < 4.78 is 56.5. The van der Waals surface area contributed by atoms with E-state index in [1.807, 2.05) is 0 Å². The zero-order chi connectivity index (χ0) is 26.2. The molecular weight excluding hydrogens is 490 g/mol. The Balaban J connectivity index is 1.60. The van der Waals surface area contributed by atoms with Crippen LogP contribution in [0.4, 0.5) is 23.4 Å². The summed E-state index contributed by atoms with van der Waals surface area (Å²) in [6, 6.07) is 6.27. The van der Waals surface area contributed by atoms with Gasteiger partial charge in [0.05, 0.1) is 24.5 Å². The Hall–Kier alpha value is -4.68. The van der Waals surface area contributed by atoms with Crippen LogP contribution in [0.3, 0.4) is 0 Å². The van der Waals surface area contributed by atoms with Crippen molar-refractivity contribution in [2.45, 2.75) is 12.7 Å². The lowest BCUT2D eigenvalue weighted by atomic mass is 10.1. The standard InChI is InChI=1S/C24H19F4N9/c1-35(2)14-33-21-20-17(16-8-29-23(30-9-16)24(26,27)28)12-36(22(20)32-13-31-21)10-15-7-34-37(11-15)19-6-4-3-5-18(19)25/h3-9,11-14H,10H2,1-2H3. The van der Waals surface area contributed by atoms with Gasteiger partial charge in [-0.2, -0.15) is 18.3 Å². The Kier molecular flexibility index (Phi) is 6.11. The maximum Gasteiger partial charge on any atom is 0.451 e. The van der Waals surface area contributed by atoms with E-state index in [2.05, 4.69) is 30.0 Å². The predicted octanol–water partition coefficient (Wildman–Crippen LogP) is 4.50. The van der Waals surface area contributed by atoms with E-state index in [-0.39, 0.29) is 0 Å². The van der Waals surface area contributed by atoms with Crippen molar-refractivity contribution < 1.29 is 17.6 Å². The molecule has 0 saturated heterocycles. The number of rotatable bonds is 6. The average Bonchev–Trinajstić information content (AvgIpc) is 3.48. The topological polar surface area (TPSA) is 89.9 Å². The summed E-state index contributed by atoms with van der Waals surface area (Å²) in [5.41, 5.74) is 2.39. The fourth-order valence-electron chi connectivity index (χ4n) is 3.74. The second kappa shape index (κ2) is 9.41. The third-order valence-electron chi connectivity index (χ3n) is 5.35. The molecule has 0 aliphatic carbocycles. The van der Waals surface area contributed by atoms with Crippen LogP contribution < -0.4 is 0 Å². The fraction of sp³-hybridized carbons (Fsp3) is 0.167. The van der Waals surface area contributed by atoms with Gasteiger partial charge in [-0.15, -0.1) is 0 Å². The highest BCUT2D eigenvalue weighted by Crippen LogP contribution is 2.35. The van der Waals surface area contributed by atoms with Gasteiger partial charge in [-0.1, -0.05) is 12.1 Å². The zero-order valence-corrected chi connectivity index (χ0v) is 19.6. The minimum Gasteiger partial charge on any atom is -0.369 e. The molecule has 4 heterocycles. The van der Waals surface area contributed by atoms with Crippen LogP contribution in [0.25, 0.3) is 27.8 Å². The summed E-state index contributed by atoms with van der Waals surface area (Å²) in [5, 5.41) is 4.78. The molecular formula is C24H19F4N9. The quantitative estimate of drug-likeness (QED) is 0.190. The van der Waals surface area contributed by atoms with E-state index in [0.29, 0.717) is 40.2 Å². The van der Waals surface area contributed by atoms with Gasteiger partial charge >= 0.3 is 6.18 Å². The molecule has 9 nitrogen and oxygen atoms in total. The van der Waals surface area contributed by atoms with Crippen molar-refractivity contribution >= 4 is 23.2 Å². The zero-order valence-electron chi connectivity index (χ0n) is 19.6. The third-order valence-corrected chi connectivity index (χ3v) is 5.35. The molecule has 0 unspecified atom stereocenters. The second-order valence-electron chi connectivity index (χ2n) is 8.31. The van der Waals surface area contributed by atoms with Crippen LogP contribution in [0.2, 0.25) is 0 Å². The number of hydrogen-bond donors (Lipinski definition) is 0. The number of halogens is 4. The van der Waals surface area contributed by atoms with Crippen molar-refractivity contribution in [3.8, 4) is 16.8 Å². The van der Waals surface area contributed by atoms with Gasteiger partial charge in [-0.05, 0) is 12.1 Å². The fourth-order valence-corrected chi connectivity index (χ4v) is 3.74. The lowest BCUT2D eigenvalue weighted by Gasteiger charge is -2.06. The van der Waals surface area contributed by atoms with Gasteiger partial charge in [-0.3, -0.25) is 0 Å². The summed E-state index contributed by atoms with van der Waals surface area (Å²) in [6.07, 6.45) is 5.50. The van der Waals surface area contributed by atoms with E-state index >= 15 is 0 Å². The lowest BCUT2D eigenvalue weighted by molar-refractivity contribution is -0.144. The number of para-hydroxylation sites is 1. The van der Waals surface area contributed by atoms with Crippen molar-refractivity contribution in [2.24, 2.45) is 4.99 Å². The van der Waals surface area contributed by atoms with E-state index < -0.39 is 17.8 Å². The predicted molar refractivity (Wildman–Crippen MR) is 128 cm³/mol. The first-order valence-electron chi connectivity index (χ1n) is 10.9. The number of benzene rings is 1. The number of aromatic nitrogens is 7. The highest BCUT2D eigenvalue weighted by atomic mass is 19.4. The van der Waals surface area contributed by atoms with Gasteiger partial charge in [0.15, 0.2) is 5.82 Å². The molecule has 1 aromatic carbocycles. The Morgan fingerprint density at radius 1 is 1.00 bits per heavy atom. The summed E-state index contributed by atoms with van der Waals surface area (Å²) in [7, 11) is 3.59. The van der Waals surface area contributed by atoms with Crippen LogP contribution in [0.15, 0.2) is 66.6 Å². The minimum atomic E-state index is -4.66. The summed E-state index contributed by atoms with van der Waals surface area (Å²) in [6.45, 7) is 0.292. The van der Waals surface area contributed by atoms with Crippen molar-refractivity contribution in [3.63, 3.8) is 0 Å². The first-order chi connectivity index (χ1) is 17.7. The van der Waals surface area contributed by atoms with Crippen LogP contribution in [-0.4, -0.2) is 59.6 Å². The average molecular weight is 509 g/mol. The molecule has 0 aliphatic rings. The number of fused-ring (bicyclic) bond motifs is 1. The van der Waals surface area contributed by atoms with Gasteiger partial charge < -0.3 is 9.47 Å². The monoisotopic (exact) mass is 509 g/mol. The van der Waals surface area contributed by atoms with E-state index in [9.17, 15) is 17.6 Å². The van der Waals surface area contributed by atoms with Crippen molar-refractivity contribution in [2.75, 3.05) is 14.1 Å². The van der Waals surface area contributed by atoms with E-state index in [0.717, 1.165) is 18.0 Å². The van der Waals surface area contributed by atoms with Gasteiger partial charge in [0.1, 0.15) is 23.5 Å². The highest BCUT2D eigenvalue weighted by Gasteiger charge is 2.34. The Morgan fingerprint density at radius 2 is 1.76 bits per heavy atom. The normalized spacial score (nSPS) is 12.1. The van der Waals surface area contributed by atoms with E-state index in [4.69, 9.17) is 0 Å². The Bertz CT molecular complexity index is 1580.